The van der Waals surface area contributed by atoms with Crippen LogP contribution >= 0.6 is 23.2 Å². The van der Waals surface area contributed by atoms with Gasteiger partial charge in [-0.05, 0) is 30.2 Å². The highest BCUT2D eigenvalue weighted by Crippen LogP contribution is 2.26. The molecule has 0 saturated carbocycles. The van der Waals surface area contributed by atoms with Gasteiger partial charge in [-0.3, -0.25) is 4.79 Å². The van der Waals surface area contributed by atoms with Gasteiger partial charge in [0.1, 0.15) is 5.65 Å². The standard InChI is InChI=1S/C18H17Cl2N3O/c19-15-5-3-4-13(18(15)20)7-8-17(24)21-10-9-14-12-23-11-2-1-6-16(23)22-14/h1-6,11-12H,7-10H2,(H,21,24). The van der Waals surface area contributed by atoms with E-state index in [-0.39, 0.29) is 5.91 Å². The minimum Gasteiger partial charge on any atom is -0.356 e. The number of aromatic nitrogens is 2. The second kappa shape index (κ2) is 7.69. The molecule has 6 heteroatoms. The third kappa shape index (κ3) is 4.08. The summed E-state index contributed by atoms with van der Waals surface area (Å²) in [7, 11) is 0. The average Bonchev–Trinajstić information content (AvgIpc) is 2.99. The predicted octanol–water partition coefficient (Wildman–Crippen LogP) is 3.93. The molecule has 0 spiro atoms. The number of imidazole rings is 1. The first-order valence-corrected chi connectivity index (χ1v) is 8.51. The van der Waals surface area contributed by atoms with E-state index >= 15 is 0 Å². The monoisotopic (exact) mass is 361 g/mol. The third-order valence-electron chi connectivity index (χ3n) is 3.77. The van der Waals surface area contributed by atoms with Gasteiger partial charge in [0.25, 0.3) is 0 Å². The molecule has 0 unspecified atom stereocenters. The SMILES string of the molecule is O=C(CCc1cccc(Cl)c1Cl)NCCc1cn2ccccc2n1. The van der Waals surface area contributed by atoms with Crippen LogP contribution in [0.15, 0.2) is 48.8 Å². The van der Waals surface area contributed by atoms with Crippen molar-refractivity contribution in [1.29, 1.82) is 0 Å². The molecule has 0 radical (unpaired) electrons. The minimum atomic E-state index is -0.00481. The topological polar surface area (TPSA) is 46.4 Å². The first-order chi connectivity index (χ1) is 11.6. The van der Waals surface area contributed by atoms with E-state index in [4.69, 9.17) is 23.2 Å². The average molecular weight is 362 g/mol. The fraction of sp³-hybridized carbons (Fsp3) is 0.222. The van der Waals surface area contributed by atoms with E-state index in [0.29, 0.717) is 35.9 Å². The Morgan fingerprint density at radius 1 is 1.12 bits per heavy atom. The van der Waals surface area contributed by atoms with E-state index < -0.39 is 0 Å². The number of fused-ring (bicyclic) bond motifs is 1. The van der Waals surface area contributed by atoms with Crippen LogP contribution in [0.2, 0.25) is 10.0 Å². The Balaban J connectivity index is 1.46. The number of nitrogens with zero attached hydrogens (tertiary/aromatic N) is 2. The lowest BCUT2D eigenvalue weighted by atomic mass is 10.1. The van der Waals surface area contributed by atoms with E-state index in [1.165, 1.54) is 0 Å². The van der Waals surface area contributed by atoms with Crippen molar-refractivity contribution in [2.75, 3.05) is 6.54 Å². The largest absolute Gasteiger partial charge is 0.356 e. The summed E-state index contributed by atoms with van der Waals surface area (Å²) in [5, 5.41) is 3.96. The number of hydrogen-bond acceptors (Lipinski definition) is 2. The number of benzene rings is 1. The Morgan fingerprint density at radius 3 is 2.83 bits per heavy atom. The van der Waals surface area contributed by atoms with Gasteiger partial charge < -0.3 is 9.72 Å². The van der Waals surface area contributed by atoms with Crippen LogP contribution in [-0.2, 0) is 17.6 Å². The van der Waals surface area contributed by atoms with Crippen molar-refractivity contribution in [2.45, 2.75) is 19.3 Å². The molecule has 24 heavy (non-hydrogen) atoms. The van der Waals surface area contributed by atoms with E-state index in [2.05, 4.69) is 10.3 Å². The van der Waals surface area contributed by atoms with Gasteiger partial charge in [-0.25, -0.2) is 4.98 Å². The Bertz CT molecular complexity index is 827. The number of nitrogens with one attached hydrogen (secondary N) is 1. The molecule has 2 heterocycles. The first kappa shape index (κ1) is 16.8. The molecule has 0 atom stereocenters. The summed E-state index contributed by atoms with van der Waals surface area (Å²) in [6.07, 6.45) is 5.59. The zero-order valence-corrected chi connectivity index (χ0v) is 14.5. The zero-order chi connectivity index (χ0) is 16.9. The summed E-state index contributed by atoms with van der Waals surface area (Å²) >= 11 is 12.1. The Labute approximate surface area is 150 Å². The molecule has 3 aromatic rings. The Morgan fingerprint density at radius 2 is 2.00 bits per heavy atom. The van der Waals surface area contributed by atoms with Crippen LogP contribution < -0.4 is 5.32 Å². The molecule has 124 valence electrons. The smallest absolute Gasteiger partial charge is 0.220 e. The molecule has 0 aliphatic heterocycles. The van der Waals surface area contributed by atoms with Crippen molar-refractivity contribution in [2.24, 2.45) is 0 Å². The van der Waals surface area contributed by atoms with Crippen LogP contribution in [0.25, 0.3) is 5.65 Å². The number of hydrogen-bond donors (Lipinski definition) is 1. The van der Waals surface area contributed by atoms with Crippen molar-refractivity contribution in [3.05, 3.63) is 70.1 Å². The molecular formula is C18H17Cl2N3O. The van der Waals surface area contributed by atoms with E-state index in [1.807, 2.05) is 47.1 Å². The summed E-state index contributed by atoms with van der Waals surface area (Å²) in [5.41, 5.74) is 2.76. The Kier molecular flexibility index (Phi) is 5.38. The molecule has 0 aliphatic rings. The van der Waals surface area contributed by atoms with Crippen LogP contribution in [0.3, 0.4) is 0 Å². The van der Waals surface area contributed by atoms with Gasteiger partial charge in [0, 0.05) is 31.8 Å². The molecule has 2 aromatic heterocycles. The third-order valence-corrected chi connectivity index (χ3v) is 4.63. The summed E-state index contributed by atoms with van der Waals surface area (Å²) in [6, 6.07) is 11.3. The van der Waals surface area contributed by atoms with Gasteiger partial charge in [0.15, 0.2) is 0 Å². The molecular weight excluding hydrogens is 345 g/mol. The quantitative estimate of drug-likeness (QED) is 0.722. The number of carbonyl (C=O) groups excluding carboxylic acids is 1. The lowest BCUT2D eigenvalue weighted by Gasteiger charge is -2.06. The Hall–Kier alpha value is -2.04. The number of pyridine rings is 1. The molecule has 3 rings (SSSR count). The van der Waals surface area contributed by atoms with E-state index in [0.717, 1.165) is 16.9 Å². The van der Waals surface area contributed by atoms with Crippen LogP contribution in [0.5, 0.6) is 0 Å². The number of halogens is 2. The summed E-state index contributed by atoms with van der Waals surface area (Å²) in [5.74, 6) is -0.00481. The van der Waals surface area contributed by atoms with Crippen LogP contribution in [0.4, 0.5) is 0 Å². The highest BCUT2D eigenvalue weighted by molar-refractivity contribution is 6.42. The number of aryl methyl sites for hydroxylation is 1. The number of rotatable bonds is 6. The van der Waals surface area contributed by atoms with Gasteiger partial charge in [0.05, 0.1) is 15.7 Å². The van der Waals surface area contributed by atoms with Crippen LogP contribution in [-0.4, -0.2) is 21.8 Å². The lowest BCUT2D eigenvalue weighted by molar-refractivity contribution is -0.121. The minimum absolute atomic E-state index is 0.00481. The molecule has 0 aliphatic carbocycles. The molecule has 1 N–H and O–H groups in total. The molecule has 1 amide bonds. The van der Waals surface area contributed by atoms with Crippen molar-refractivity contribution in [1.82, 2.24) is 14.7 Å². The fourth-order valence-electron chi connectivity index (χ4n) is 2.52. The highest BCUT2D eigenvalue weighted by Gasteiger charge is 2.08. The van der Waals surface area contributed by atoms with Crippen molar-refractivity contribution < 1.29 is 4.79 Å². The predicted molar refractivity (Wildman–Crippen MR) is 96.7 cm³/mol. The van der Waals surface area contributed by atoms with Gasteiger partial charge in [-0.2, -0.15) is 0 Å². The second-order valence-electron chi connectivity index (χ2n) is 5.51. The van der Waals surface area contributed by atoms with Gasteiger partial charge in [-0.1, -0.05) is 41.4 Å². The number of amides is 1. The second-order valence-corrected chi connectivity index (χ2v) is 6.30. The molecule has 0 fully saturated rings. The van der Waals surface area contributed by atoms with E-state index in [9.17, 15) is 4.79 Å². The maximum atomic E-state index is 12.0. The molecule has 0 bridgehead atoms. The van der Waals surface area contributed by atoms with Crippen molar-refractivity contribution in [3.63, 3.8) is 0 Å². The molecule has 0 saturated heterocycles. The lowest BCUT2D eigenvalue weighted by Crippen LogP contribution is -2.26. The van der Waals surface area contributed by atoms with Crippen LogP contribution in [0, 0.1) is 0 Å². The summed E-state index contributed by atoms with van der Waals surface area (Å²) in [6.45, 7) is 0.562. The maximum absolute atomic E-state index is 12.0. The summed E-state index contributed by atoms with van der Waals surface area (Å²) in [4.78, 5) is 16.5. The summed E-state index contributed by atoms with van der Waals surface area (Å²) < 4.78 is 1.97. The fourth-order valence-corrected chi connectivity index (χ4v) is 2.93. The first-order valence-electron chi connectivity index (χ1n) is 7.75. The van der Waals surface area contributed by atoms with Crippen LogP contribution in [0.1, 0.15) is 17.7 Å². The van der Waals surface area contributed by atoms with Gasteiger partial charge in [-0.15, -0.1) is 0 Å². The van der Waals surface area contributed by atoms with E-state index in [1.54, 1.807) is 6.07 Å². The van der Waals surface area contributed by atoms with Gasteiger partial charge >= 0.3 is 0 Å². The molecule has 4 nitrogen and oxygen atoms in total. The number of carbonyl (C=O) groups is 1. The van der Waals surface area contributed by atoms with Crippen molar-refractivity contribution in [3.8, 4) is 0 Å². The van der Waals surface area contributed by atoms with Gasteiger partial charge in [0.2, 0.25) is 5.91 Å². The maximum Gasteiger partial charge on any atom is 0.220 e. The normalized spacial score (nSPS) is 10.9. The highest BCUT2D eigenvalue weighted by atomic mass is 35.5. The molecule has 1 aromatic carbocycles. The zero-order valence-electron chi connectivity index (χ0n) is 13.0. The van der Waals surface area contributed by atoms with Crippen molar-refractivity contribution >= 4 is 34.8 Å².